The van der Waals surface area contributed by atoms with Gasteiger partial charge in [0.25, 0.3) is 0 Å². The Hall–Kier alpha value is -1.30. The SMILES string of the molecule is CCN(C(=O)N1CC(C)N(C)C(C)C1)C(C)CC(=O)O. The summed E-state index contributed by atoms with van der Waals surface area (Å²) in [6.07, 6.45) is -0.0154. The highest BCUT2D eigenvalue weighted by Gasteiger charge is 2.32. The molecule has 1 saturated heterocycles. The first kappa shape index (κ1) is 16.8. The zero-order valence-electron chi connectivity index (χ0n) is 13.2. The van der Waals surface area contributed by atoms with Gasteiger partial charge in [-0.2, -0.15) is 0 Å². The smallest absolute Gasteiger partial charge is 0.320 e. The molecule has 0 radical (unpaired) electrons. The topological polar surface area (TPSA) is 64.1 Å². The normalized spacial score (nSPS) is 25.4. The number of hydrogen-bond acceptors (Lipinski definition) is 3. The second-order valence-electron chi connectivity index (χ2n) is 5.78. The first-order valence-electron chi connectivity index (χ1n) is 7.27. The maximum Gasteiger partial charge on any atom is 0.320 e. The van der Waals surface area contributed by atoms with Gasteiger partial charge in [0.1, 0.15) is 0 Å². The summed E-state index contributed by atoms with van der Waals surface area (Å²) in [6, 6.07) is 0.302. The molecule has 6 nitrogen and oxygen atoms in total. The van der Waals surface area contributed by atoms with Crippen LogP contribution < -0.4 is 0 Å². The molecule has 1 heterocycles. The highest BCUT2D eigenvalue weighted by atomic mass is 16.4. The highest BCUT2D eigenvalue weighted by Crippen LogP contribution is 2.16. The lowest BCUT2D eigenvalue weighted by atomic mass is 10.1. The first-order valence-corrected chi connectivity index (χ1v) is 7.27. The first-order chi connectivity index (χ1) is 9.27. The maximum absolute atomic E-state index is 12.6. The summed E-state index contributed by atoms with van der Waals surface area (Å²) in [5, 5.41) is 8.88. The largest absolute Gasteiger partial charge is 0.481 e. The van der Waals surface area contributed by atoms with Crippen molar-refractivity contribution in [2.45, 2.75) is 52.2 Å². The number of carboxylic acid groups (broad SMARTS) is 1. The molecule has 0 aromatic heterocycles. The van der Waals surface area contributed by atoms with Gasteiger partial charge in [0.15, 0.2) is 0 Å². The van der Waals surface area contributed by atoms with Crippen LogP contribution in [0.2, 0.25) is 0 Å². The molecule has 1 fully saturated rings. The second-order valence-corrected chi connectivity index (χ2v) is 5.78. The van der Waals surface area contributed by atoms with E-state index in [1.165, 1.54) is 0 Å². The van der Waals surface area contributed by atoms with Gasteiger partial charge in [-0.05, 0) is 34.7 Å². The molecule has 1 rings (SSSR count). The third-order valence-electron chi connectivity index (χ3n) is 4.22. The minimum atomic E-state index is -0.871. The molecule has 0 saturated carbocycles. The van der Waals surface area contributed by atoms with Gasteiger partial charge >= 0.3 is 12.0 Å². The van der Waals surface area contributed by atoms with Crippen molar-refractivity contribution in [3.05, 3.63) is 0 Å². The summed E-state index contributed by atoms with van der Waals surface area (Å²) in [6.45, 7) is 9.80. The number of carbonyl (C=O) groups is 2. The second kappa shape index (κ2) is 6.92. The van der Waals surface area contributed by atoms with Gasteiger partial charge in [-0.1, -0.05) is 0 Å². The number of aliphatic carboxylic acids is 1. The third kappa shape index (κ3) is 3.85. The molecule has 6 heteroatoms. The Labute approximate surface area is 121 Å². The molecule has 0 aromatic rings. The average molecular weight is 285 g/mol. The molecular weight excluding hydrogens is 258 g/mol. The van der Waals surface area contributed by atoms with E-state index in [1.807, 2.05) is 11.8 Å². The van der Waals surface area contributed by atoms with E-state index < -0.39 is 5.97 Å². The molecule has 0 aliphatic carbocycles. The van der Waals surface area contributed by atoms with Crippen LogP contribution in [-0.4, -0.2) is 76.6 Å². The van der Waals surface area contributed by atoms with Crippen molar-refractivity contribution < 1.29 is 14.7 Å². The number of amides is 2. The van der Waals surface area contributed by atoms with Crippen LogP contribution in [0.3, 0.4) is 0 Å². The Kier molecular flexibility index (Phi) is 5.80. The number of nitrogens with zero attached hydrogens (tertiary/aromatic N) is 3. The lowest BCUT2D eigenvalue weighted by Gasteiger charge is -2.44. The summed E-state index contributed by atoms with van der Waals surface area (Å²) in [7, 11) is 2.07. The summed E-state index contributed by atoms with van der Waals surface area (Å²) in [5.74, 6) is -0.871. The fourth-order valence-electron chi connectivity index (χ4n) is 2.74. The third-order valence-corrected chi connectivity index (χ3v) is 4.22. The van der Waals surface area contributed by atoms with E-state index >= 15 is 0 Å². The van der Waals surface area contributed by atoms with E-state index in [0.29, 0.717) is 31.7 Å². The Morgan fingerprint density at radius 1 is 1.30 bits per heavy atom. The Balaban J connectivity index is 2.73. The van der Waals surface area contributed by atoms with Gasteiger partial charge in [0.05, 0.1) is 6.42 Å². The van der Waals surface area contributed by atoms with Crippen LogP contribution in [0, 0.1) is 0 Å². The van der Waals surface area contributed by atoms with Gasteiger partial charge in [-0.3, -0.25) is 9.69 Å². The van der Waals surface area contributed by atoms with Gasteiger partial charge in [0.2, 0.25) is 0 Å². The molecule has 3 unspecified atom stereocenters. The molecule has 116 valence electrons. The number of carbonyl (C=O) groups excluding carboxylic acids is 1. The summed E-state index contributed by atoms with van der Waals surface area (Å²) < 4.78 is 0. The van der Waals surface area contributed by atoms with Crippen molar-refractivity contribution in [2.75, 3.05) is 26.7 Å². The standard InChI is InChI=1S/C14H27N3O3/c1-6-17(10(2)7-13(18)19)14(20)16-8-11(3)15(5)12(4)9-16/h10-12H,6-9H2,1-5H3,(H,18,19). The molecular formula is C14H27N3O3. The summed E-state index contributed by atoms with van der Waals surface area (Å²) in [4.78, 5) is 29.2. The quantitative estimate of drug-likeness (QED) is 0.846. The number of likely N-dealkylation sites (N-methyl/N-ethyl adjacent to an activating group) is 1. The van der Waals surface area contributed by atoms with E-state index in [0.717, 1.165) is 0 Å². The van der Waals surface area contributed by atoms with Crippen molar-refractivity contribution in [3.8, 4) is 0 Å². The number of rotatable bonds is 4. The van der Waals surface area contributed by atoms with E-state index in [1.54, 1.807) is 11.8 Å². The molecule has 3 atom stereocenters. The molecule has 0 bridgehead atoms. The summed E-state index contributed by atoms with van der Waals surface area (Å²) in [5.41, 5.74) is 0. The lowest BCUT2D eigenvalue weighted by molar-refractivity contribution is -0.138. The number of piperazine rings is 1. The number of hydrogen-bond donors (Lipinski definition) is 1. The van der Waals surface area contributed by atoms with Crippen molar-refractivity contribution in [1.82, 2.24) is 14.7 Å². The summed E-state index contributed by atoms with van der Waals surface area (Å²) >= 11 is 0. The van der Waals surface area contributed by atoms with Crippen LogP contribution in [-0.2, 0) is 4.79 Å². The van der Waals surface area contributed by atoms with Crippen LogP contribution in [0.5, 0.6) is 0 Å². The maximum atomic E-state index is 12.6. The zero-order valence-corrected chi connectivity index (χ0v) is 13.2. The van der Waals surface area contributed by atoms with Crippen LogP contribution in [0.25, 0.3) is 0 Å². The van der Waals surface area contributed by atoms with E-state index in [9.17, 15) is 9.59 Å². The number of urea groups is 1. The number of carboxylic acids is 1. The van der Waals surface area contributed by atoms with Crippen LogP contribution in [0.4, 0.5) is 4.79 Å². The van der Waals surface area contributed by atoms with Crippen LogP contribution in [0.15, 0.2) is 0 Å². The van der Waals surface area contributed by atoms with Gasteiger partial charge in [-0.15, -0.1) is 0 Å². The van der Waals surface area contributed by atoms with E-state index in [2.05, 4.69) is 25.8 Å². The minimum absolute atomic E-state index is 0.0154. The molecule has 20 heavy (non-hydrogen) atoms. The van der Waals surface area contributed by atoms with Crippen LogP contribution in [0.1, 0.15) is 34.1 Å². The highest BCUT2D eigenvalue weighted by molar-refractivity contribution is 5.76. The fourth-order valence-corrected chi connectivity index (χ4v) is 2.74. The minimum Gasteiger partial charge on any atom is -0.481 e. The van der Waals surface area contributed by atoms with E-state index in [-0.39, 0.29) is 18.5 Å². The van der Waals surface area contributed by atoms with E-state index in [4.69, 9.17) is 5.11 Å². The van der Waals surface area contributed by atoms with Crippen molar-refractivity contribution in [3.63, 3.8) is 0 Å². The Bertz CT molecular complexity index is 350. The lowest BCUT2D eigenvalue weighted by Crippen LogP contribution is -2.59. The molecule has 2 amide bonds. The molecule has 1 aliphatic heterocycles. The van der Waals surface area contributed by atoms with Gasteiger partial charge < -0.3 is 14.9 Å². The zero-order chi connectivity index (χ0) is 15.4. The van der Waals surface area contributed by atoms with Gasteiger partial charge in [0, 0.05) is 37.8 Å². The molecule has 1 aliphatic rings. The fraction of sp³-hybridized carbons (Fsp3) is 0.857. The van der Waals surface area contributed by atoms with Gasteiger partial charge in [-0.25, -0.2) is 4.79 Å². The predicted octanol–water partition coefficient (Wildman–Crippen LogP) is 1.32. The molecule has 0 aromatic carbocycles. The Morgan fingerprint density at radius 3 is 2.20 bits per heavy atom. The Morgan fingerprint density at radius 2 is 1.80 bits per heavy atom. The molecule has 1 N–H and O–H groups in total. The van der Waals surface area contributed by atoms with Crippen LogP contribution >= 0.6 is 0 Å². The molecule has 0 spiro atoms. The van der Waals surface area contributed by atoms with Crippen molar-refractivity contribution in [1.29, 1.82) is 0 Å². The predicted molar refractivity (Wildman–Crippen MR) is 77.8 cm³/mol. The van der Waals surface area contributed by atoms with Crippen molar-refractivity contribution in [2.24, 2.45) is 0 Å². The van der Waals surface area contributed by atoms with Crippen molar-refractivity contribution >= 4 is 12.0 Å². The average Bonchev–Trinajstić information content (AvgIpc) is 2.35. The monoisotopic (exact) mass is 285 g/mol.